The van der Waals surface area contributed by atoms with Gasteiger partial charge in [-0.25, -0.2) is 4.39 Å². The van der Waals surface area contributed by atoms with Crippen molar-refractivity contribution in [2.24, 2.45) is 0 Å². The molecule has 0 heterocycles. The van der Waals surface area contributed by atoms with Crippen LogP contribution in [0.4, 0.5) is 4.39 Å². The maximum Gasteiger partial charge on any atom is 0.165 e. The van der Waals surface area contributed by atoms with Crippen molar-refractivity contribution in [2.75, 3.05) is 20.2 Å². The molecule has 0 saturated carbocycles. The molecule has 2 nitrogen and oxygen atoms in total. The van der Waals surface area contributed by atoms with E-state index in [-0.39, 0.29) is 5.82 Å². The van der Waals surface area contributed by atoms with E-state index >= 15 is 0 Å². The van der Waals surface area contributed by atoms with Gasteiger partial charge in [0.25, 0.3) is 0 Å². The van der Waals surface area contributed by atoms with E-state index in [0.29, 0.717) is 5.75 Å². The van der Waals surface area contributed by atoms with Crippen molar-refractivity contribution in [3.63, 3.8) is 0 Å². The molecule has 0 fully saturated rings. The van der Waals surface area contributed by atoms with Gasteiger partial charge in [0.1, 0.15) is 0 Å². The Hall–Kier alpha value is -1.09. The Morgan fingerprint density at radius 3 is 2.80 bits per heavy atom. The number of halogens is 1. The van der Waals surface area contributed by atoms with Gasteiger partial charge in [0, 0.05) is 0 Å². The molecule has 0 bridgehead atoms. The van der Waals surface area contributed by atoms with Crippen LogP contribution in [0.2, 0.25) is 0 Å². The van der Waals surface area contributed by atoms with Crippen LogP contribution in [0.25, 0.3) is 0 Å². The molecule has 3 heteroatoms. The summed E-state index contributed by atoms with van der Waals surface area (Å²) in [6, 6.07) is 5.00. The first kappa shape index (κ1) is 12.0. The highest BCUT2D eigenvalue weighted by Gasteiger charge is 2.02. The SMILES string of the molecule is CCCNCCc1ccc(F)c(OC)c1. The molecule has 1 aromatic rings. The number of methoxy groups -OCH3 is 1. The predicted molar refractivity (Wildman–Crippen MR) is 59.8 cm³/mol. The van der Waals surface area contributed by atoms with Gasteiger partial charge in [0.05, 0.1) is 7.11 Å². The van der Waals surface area contributed by atoms with Gasteiger partial charge in [-0.3, -0.25) is 0 Å². The summed E-state index contributed by atoms with van der Waals surface area (Å²) in [6.45, 7) is 4.08. The third kappa shape index (κ3) is 3.88. The molecule has 1 N–H and O–H groups in total. The highest BCUT2D eigenvalue weighted by Crippen LogP contribution is 2.18. The maximum absolute atomic E-state index is 13.1. The molecule has 0 spiro atoms. The summed E-state index contributed by atoms with van der Waals surface area (Å²) in [6.07, 6.45) is 2.03. The normalized spacial score (nSPS) is 10.3. The number of hydrogen-bond acceptors (Lipinski definition) is 2. The second-order valence-electron chi connectivity index (χ2n) is 3.47. The Labute approximate surface area is 90.4 Å². The van der Waals surface area contributed by atoms with Crippen LogP contribution in [0.15, 0.2) is 18.2 Å². The molecule has 0 aliphatic carbocycles. The van der Waals surface area contributed by atoms with E-state index in [1.165, 1.54) is 13.2 Å². The van der Waals surface area contributed by atoms with Crippen molar-refractivity contribution < 1.29 is 9.13 Å². The highest BCUT2D eigenvalue weighted by molar-refractivity contribution is 5.30. The van der Waals surface area contributed by atoms with Crippen LogP contribution in [-0.4, -0.2) is 20.2 Å². The first-order valence-electron chi connectivity index (χ1n) is 5.31. The number of nitrogens with one attached hydrogen (secondary N) is 1. The van der Waals surface area contributed by atoms with Crippen LogP contribution in [0, 0.1) is 5.82 Å². The fraction of sp³-hybridized carbons (Fsp3) is 0.500. The molecule has 0 radical (unpaired) electrons. The quantitative estimate of drug-likeness (QED) is 0.729. The number of ether oxygens (including phenoxy) is 1. The largest absolute Gasteiger partial charge is 0.494 e. The van der Waals surface area contributed by atoms with Crippen molar-refractivity contribution in [3.8, 4) is 5.75 Å². The second-order valence-corrected chi connectivity index (χ2v) is 3.47. The third-order valence-corrected chi connectivity index (χ3v) is 2.23. The lowest BCUT2D eigenvalue weighted by Gasteiger charge is -2.06. The molecule has 1 aromatic carbocycles. The minimum absolute atomic E-state index is 0.303. The predicted octanol–water partition coefficient (Wildman–Crippen LogP) is 2.38. The van der Waals surface area contributed by atoms with Gasteiger partial charge < -0.3 is 10.1 Å². The van der Waals surface area contributed by atoms with Crippen LogP contribution in [-0.2, 0) is 6.42 Å². The molecule has 0 saturated heterocycles. The standard InChI is InChI=1S/C12H18FNO/c1-3-7-14-8-6-10-4-5-11(13)12(9-10)15-2/h4-5,9,14H,3,6-8H2,1-2H3. The van der Waals surface area contributed by atoms with E-state index in [4.69, 9.17) is 4.74 Å². The summed E-state index contributed by atoms with van der Waals surface area (Å²) in [5.74, 6) is 0.0192. The Kier molecular flexibility index (Phi) is 5.12. The van der Waals surface area contributed by atoms with Crippen molar-refractivity contribution in [1.82, 2.24) is 5.32 Å². The lowest BCUT2D eigenvalue weighted by molar-refractivity contribution is 0.386. The monoisotopic (exact) mass is 211 g/mol. The Balaban J connectivity index is 2.47. The van der Waals surface area contributed by atoms with Crippen LogP contribution in [0.5, 0.6) is 5.75 Å². The van der Waals surface area contributed by atoms with Gasteiger partial charge in [-0.2, -0.15) is 0 Å². The van der Waals surface area contributed by atoms with E-state index in [1.807, 2.05) is 0 Å². The van der Waals surface area contributed by atoms with E-state index < -0.39 is 0 Å². The van der Waals surface area contributed by atoms with Crippen LogP contribution < -0.4 is 10.1 Å². The molecule has 0 aliphatic heterocycles. The maximum atomic E-state index is 13.1. The third-order valence-electron chi connectivity index (χ3n) is 2.23. The van der Waals surface area contributed by atoms with Gasteiger partial charge in [-0.1, -0.05) is 13.0 Å². The van der Waals surface area contributed by atoms with E-state index in [9.17, 15) is 4.39 Å². The molecular formula is C12H18FNO. The van der Waals surface area contributed by atoms with Crippen LogP contribution >= 0.6 is 0 Å². The fourth-order valence-electron chi connectivity index (χ4n) is 1.39. The van der Waals surface area contributed by atoms with Gasteiger partial charge >= 0.3 is 0 Å². The van der Waals surface area contributed by atoms with Gasteiger partial charge in [0.2, 0.25) is 0 Å². The first-order chi connectivity index (χ1) is 7.27. The second kappa shape index (κ2) is 6.40. The summed E-state index contributed by atoms with van der Waals surface area (Å²) >= 11 is 0. The summed E-state index contributed by atoms with van der Waals surface area (Å²) in [4.78, 5) is 0. The lowest BCUT2D eigenvalue weighted by Crippen LogP contribution is -2.17. The van der Waals surface area contributed by atoms with Gasteiger partial charge in [-0.05, 0) is 43.6 Å². The van der Waals surface area contributed by atoms with Crippen LogP contribution in [0.3, 0.4) is 0 Å². The first-order valence-corrected chi connectivity index (χ1v) is 5.31. The molecule has 15 heavy (non-hydrogen) atoms. The summed E-state index contributed by atoms with van der Waals surface area (Å²) in [5, 5.41) is 3.30. The smallest absolute Gasteiger partial charge is 0.165 e. The molecule has 84 valence electrons. The van der Waals surface area contributed by atoms with Crippen molar-refractivity contribution in [2.45, 2.75) is 19.8 Å². The Bertz CT molecular complexity index is 302. The van der Waals surface area contributed by atoms with E-state index in [2.05, 4.69) is 12.2 Å². The molecule has 0 unspecified atom stereocenters. The Morgan fingerprint density at radius 1 is 1.33 bits per heavy atom. The highest BCUT2D eigenvalue weighted by atomic mass is 19.1. The van der Waals surface area contributed by atoms with Crippen molar-refractivity contribution in [1.29, 1.82) is 0 Å². The average molecular weight is 211 g/mol. The molecule has 0 atom stereocenters. The summed E-state index contributed by atoms with van der Waals surface area (Å²) in [7, 11) is 1.48. The number of rotatable bonds is 6. The molecule has 0 amide bonds. The zero-order chi connectivity index (χ0) is 11.1. The topological polar surface area (TPSA) is 21.3 Å². The zero-order valence-corrected chi connectivity index (χ0v) is 9.35. The molecular weight excluding hydrogens is 193 g/mol. The zero-order valence-electron chi connectivity index (χ0n) is 9.35. The van der Waals surface area contributed by atoms with Crippen molar-refractivity contribution >= 4 is 0 Å². The minimum atomic E-state index is -0.303. The van der Waals surface area contributed by atoms with Crippen LogP contribution in [0.1, 0.15) is 18.9 Å². The van der Waals surface area contributed by atoms with E-state index in [1.54, 1.807) is 12.1 Å². The number of benzene rings is 1. The molecule has 1 rings (SSSR count). The fourth-order valence-corrected chi connectivity index (χ4v) is 1.39. The summed E-state index contributed by atoms with van der Waals surface area (Å²) in [5.41, 5.74) is 1.09. The van der Waals surface area contributed by atoms with Crippen molar-refractivity contribution in [3.05, 3.63) is 29.6 Å². The Morgan fingerprint density at radius 2 is 2.13 bits per heavy atom. The van der Waals surface area contributed by atoms with Gasteiger partial charge in [0.15, 0.2) is 11.6 Å². The molecule has 0 aromatic heterocycles. The summed E-state index contributed by atoms with van der Waals surface area (Å²) < 4.78 is 18.0. The van der Waals surface area contributed by atoms with E-state index in [0.717, 1.165) is 31.5 Å². The minimum Gasteiger partial charge on any atom is -0.494 e. The average Bonchev–Trinajstić information content (AvgIpc) is 2.26. The van der Waals surface area contributed by atoms with Gasteiger partial charge in [-0.15, -0.1) is 0 Å². The molecule has 0 aliphatic rings. The number of hydrogen-bond donors (Lipinski definition) is 1. The lowest BCUT2D eigenvalue weighted by atomic mass is 10.1.